The number of benzene rings is 2. The first-order valence-corrected chi connectivity index (χ1v) is 14.0. The molecule has 1 fully saturated rings. The summed E-state index contributed by atoms with van der Waals surface area (Å²) in [5, 5.41) is 5.92. The number of ether oxygens (including phenoxy) is 2. The van der Waals surface area contributed by atoms with Gasteiger partial charge in [-0.25, -0.2) is 17.4 Å². The molecule has 1 aliphatic rings. The second-order valence-corrected chi connectivity index (χ2v) is 11.3. The van der Waals surface area contributed by atoms with E-state index in [1.807, 2.05) is 44.3 Å². The molecule has 1 aliphatic heterocycles. The molecule has 9 nitrogen and oxygen atoms in total. The van der Waals surface area contributed by atoms with Gasteiger partial charge < -0.3 is 9.47 Å². The number of rotatable bonds is 7. The number of hydrogen-bond acceptors (Lipinski definition) is 7. The van der Waals surface area contributed by atoms with Crippen molar-refractivity contribution < 1.29 is 17.9 Å². The summed E-state index contributed by atoms with van der Waals surface area (Å²) < 4.78 is 42.4. The number of nitrogens with zero attached hydrogens (tertiary/aromatic N) is 5. The number of aromatic nitrogens is 4. The first-order chi connectivity index (χ1) is 18.4. The van der Waals surface area contributed by atoms with Crippen LogP contribution in [0.5, 0.6) is 5.75 Å². The molecule has 2 aromatic carbocycles. The molecular formula is C28H29N5O4S. The van der Waals surface area contributed by atoms with Crippen LogP contribution in [0.15, 0.2) is 71.9 Å². The normalized spacial score (nSPS) is 14.9. The largest absolute Gasteiger partial charge is 0.492 e. The van der Waals surface area contributed by atoms with Gasteiger partial charge in [0.2, 0.25) is 0 Å². The van der Waals surface area contributed by atoms with E-state index >= 15 is 0 Å². The van der Waals surface area contributed by atoms with Crippen molar-refractivity contribution >= 4 is 32.0 Å². The van der Waals surface area contributed by atoms with Crippen molar-refractivity contribution in [2.24, 2.45) is 7.05 Å². The van der Waals surface area contributed by atoms with E-state index in [1.54, 1.807) is 41.3 Å². The lowest BCUT2D eigenvalue weighted by molar-refractivity contribution is 0.0322. The first kappa shape index (κ1) is 24.6. The predicted molar refractivity (Wildman–Crippen MR) is 146 cm³/mol. The molecule has 0 radical (unpaired) electrons. The van der Waals surface area contributed by atoms with Crippen molar-refractivity contribution in [2.45, 2.75) is 11.8 Å². The molecule has 4 heterocycles. The second-order valence-electron chi connectivity index (χ2n) is 9.51. The summed E-state index contributed by atoms with van der Waals surface area (Å²) >= 11 is 0. The molecule has 0 amide bonds. The number of pyridine rings is 1. The fourth-order valence-electron chi connectivity index (χ4n) is 4.89. The van der Waals surface area contributed by atoms with E-state index in [4.69, 9.17) is 9.47 Å². The van der Waals surface area contributed by atoms with Crippen LogP contribution in [-0.2, 0) is 21.8 Å². The fraction of sp³-hybridized carbons (Fsp3) is 0.286. The lowest BCUT2D eigenvalue weighted by Gasteiger charge is -2.26. The van der Waals surface area contributed by atoms with Crippen LogP contribution < -0.4 is 4.74 Å². The van der Waals surface area contributed by atoms with E-state index in [1.165, 1.54) is 3.97 Å². The molecule has 0 saturated carbocycles. The molecule has 0 unspecified atom stereocenters. The highest BCUT2D eigenvalue weighted by atomic mass is 32.2. The fourth-order valence-corrected chi connectivity index (χ4v) is 6.37. The van der Waals surface area contributed by atoms with Crippen LogP contribution in [0, 0.1) is 6.92 Å². The molecule has 5 aromatic rings. The Hall–Kier alpha value is -3.73. The summed E-state index contributed by atoms with van der Waals surface area (Å²) in [7, 11) is -2.10. The summed E-state index contributed by atoms with van der Waals surface area (Å²) in [4.78, 5) is 7.10. The van der Waals surface area contributed by atoms with Gasteiger partial charge in [0.1, 0.15) is 12.4 Å². The third-order valence-corrected chi connectivity index (χ3v) is 8.69. The summed E-state index contributed by atoms with van der Waals surface area (Å²) in [6.45, 7) is 6.69. The SMILES string of the molecule is Cc1ccc(S(=O)(=O)n2c(-c3ccc(OCCN4CCOCC4)cc3)cc3c4c(cnc32)cnn4C)cc1. The molecular weight excluding hydrogens is 502 g/mol. The molecule has 6 rings (SSSR count). The Morgan fingerprint density at radius 2 is 1.74 bits per heavy atom. The minimum atomic E-state index is -3.94. The Morgan fingerprint density at radius 3 is 2.47 bits per heavy atom. The molecule has 38 heavy (non-hydrogen) atoms. The highest BCUT2D eigenvalue weighted by Gasteiger charge is 2.26. The minimum absolute atomic E-state index is 0.205. The quantitative estimate of drug-likeness (QED) is 0.315. The Balaban J connectivity index is 1.40. The third kappa shape index (κ3) is 4.44. The number of morpholine rings is 1. The topological polar surface area (TPSA) is 91.5 Å². The van der Waals surface area contributed by atoms with Gasteiger partial charge in [-0.3, -0.25) is 9.58 Å². The molecule has 10 heteroatoms. The maximum Gasteiger partial charge on any atom is 0.269 e. The number of aryl methyl sites for hydroxylation is 2. The third-order valence-electron chi connectivity index (χ3n) is 6.97. The highest BCUT2D eigenvalue weighted by Crippen LogP contribution is 2.35. The molecule has 0 aliphatic carbocycles. The lowest BCUT2D eigenvalue weighted by Crippen LogP contribution is -2.38. The van der Waals surface area contributed by atoms with Gasteiger partial charge in [-0.15, -0.1) is 0 Å². The van der Waals surface area contributed by atoms with Crippen molar-refractivity contribution in [3.05, 3.63) is 72.6 Å². The zero-order valence-electron chi connectivity index (χ0n) is 21.4. The van der Waals surface area contributed by atoms with Gasteiger partial charge >= 0.3 is 0 Å². The second kappa shape index (κ2) is 9.86. The van der Waals surface area contributed by atoms with Crippen LogP contribution in [0.1, 0.15) is 5.56 Å². The summed E-state index contributed by atoms with van der Waals surface area (Å²) in [5.41, 5.74) is 3.45. The van der Waals surface area contributed by atoms with Crippen LogP contribution in [-0.4, -0.2) is 71.5 Å². The Bertz CT molecular complexity index is 1700. The smallest absolute Gasteiger partial charge is 0.269 e. The molecule has 0 bridgehead atoms. The van der Waals surface area contributed by atoms with Crippen LogP contribution in [0.25, 0.3) is 33.2 Å². The molecule has 0 atom stereocenters. The van der Waals surface area contributed by atoms with Crippen molar-refractivity contribution in [2.75, 3.05) is 39.5 Å². The van der Waals surface area contributed by atoms with E-state index < -0.39 is 10.0 Å². The predicted octanol–water partition coefficient (Wildman–Crippen LogP) is 3.85. The monoisotopic (exact) mass is 531 g/mol. The summed E-state index contributed by atoms with van der Waals surface area (Å²) in [5.74, 6) is 0.734. The van der Waals surface area contributed by atoms with E-state index in [0.29, 0.717) is 17.9 Å². The zero-order valence-corrected chi connectivity index (χ0v) is 22.2. The maximum atomic E-state index is 14.0. The van der Waals surface area contributed by atoms with Gasteiger partial charge in [0.15, 0.2) is 5.65 Å². The zero-order chi connectivity index (χ0) is 26.3. The molecule has 1 saturated heterocycles. The number of hydrogen-bond donors (Lipinski definition) is 0. The molecule has 0 N–H and O–H groups in total. The molecule has 196 valence electrons. The summed E-state index contributed by atoms with van der Waals surface area (Å²) in [6, 6.07) is 16.3. The van der Waals surface area contributed by atoms with Crippen molar-refractivity contribution in [1.29, 1.82) is 0 Å². The number of fused-ring (bicyclic) bond motifs is 3. The van der Waals surface area contributed by atoms with Crippen LogP contribution >= 0.6 is 0 Å². The van der Waals surface area contributed by atoms with E-state index in [2.05, 4.69) is 15.0 Å². The van der Waals surface area contributed by atoms with Gasteiger partial charge in [-0.05, 0) is 55.0 Å². The van der Waals surface area contributed by atoms with Gasteiger partial charge in [0.05, 0.1) is 35.5 Å². The van der Waals surface area contributed by atoms with E-state index in [9.17, 15) is 8.42 Å². The van der Waals surface area contributed by atoms with Gasteiger partial charge in [0.25, 0.3) is 10.0 Å². The van der Waals surface area contributed by atoms with Gasteiger partial charge in [0, 0.05) is 43.7 Å². The van der Waals surface area contributed by atoms with Gasteiger partial charge in [-0.2, -0.15) is 5.10 Å². The van der Waals surface area contributed by atoms with Crippen molar-refractivity contribution in [3.63, 3.8) is 0 Å². The Morgan fingerprint density at radius 1 is 1.00 bits per heavy atom. The van der Waals surface area contributed by atoms with Gasteiger partial charge in [-0.1, -0.05) is 17.7 Å². The van der Waals surface area contributed by atoms with Crippen molar-refractivity contribution in [1.82, 2.24) is 23.6 Å². The maximum absolute atomic E-state index is 14.0. The van der Waals surface area contributed by atoms with E-state index in [0.717, 1.165) is 66.0 Å². The first-order valence-electron chi connectivity index (χ1n) is 12.6. The Labute approximate surface area is 221 Å². The average molecular weight is 532 g/mol. The highest BCUT2D eigenvalue weighted by molar-refractivity contribution is 7.90. The van der Waals surface area contributed by atoms with Crippen LogP contribution in [0.4, 0.5) is 0 Å². The molecule has 0 spiro atoms. The Kier molecular flexibility index (Phi) is 6.38. The van der Waals surface area contributed by atoms with E-state index in [-0.39, 0.29) is 4.90 Å². The average Bonchev–Trinajstić information content (AvgIpc) is 3.51. The molecule has 3 aromatic heterocycles. The lowest BCUT2D eigenvalue weighted by atomic mass is 10.1. The van der Waals surface area contributed by atoms with Crippen LogP contribution in [0.2, 0.25) is 0 Å². The summed E-state index contributed by atoms with van der Waals surface area (Å²) in [6.07, 6.45) is 3.40. The van der Waals surface area contributed by atoms with Crippen molar-refractivity contribution in [3.8, 4) is 17.0 Å². The minimum Gasteiger partial charge on any atom is -0.492 e. The van der Waals surface area contributed by atoms with Crippen LogP contribution in [0.3, 0.4) is 0 Å². The standard InChI is InChI=1S/C28H29N5O4S/c1-20-3-9-24(10-4-20)38(34,35)33-26(17-25-27-22(18-29-28(25)33)19-30-31(27)2)21-5-7-23(8-6-21)37-16-13-32-11-14-36-15-12-32/h3-10,17-19H,11-16H2,1-2H3.